The Morgan fingerprint density at radius 2 is 1.63 bits per heavy atom. The normalized spacial score (nSPS) is 24.9. The van der Waals surface area contributed by atoms with Crippen molar-refractivity contribution in [2.24, 2.45) is 17.8 Å². The predicted octanol–water partition coefficient (Wildman–Crippen LogP) is 1.90. The minimum absolute atomic E-state index is 0.104. The Morgan fingerprint density at radius 1 is 1.04 bits per heavy atom. The molecule has 0 spiro atoms. The quantitative estimate of drug-likeness (QED) is 0.842. The fourth-order valence-corrected chi connectivity index (χ4v) is 5.25. The number of carboxylic acids is 1. The maximum absolute atomic E-state index is 12.8. The van der Waals surface area contributed by atoms with Crippen LogP contribution in [-0.4, -0.2) is 60.8 Å². The van der Waals surface area contributed by atoms with E-state index in [4.69, 9.17) is 0 Å². The topological polar surface area (TPSA) is 95.0 Å². The van der Waals surface area contributed by atoms with E-state index >= 15 is 0 Å². The Morgan fingerprint density at radius 3 is 2.15 bits per heavy atom. The predicted molar refractivity (Wildman–Crippen MR) is 99.8 cm³/mol. The van der Waals surface area contributed by atoms with E-state index < -0.39 is 21.9 Å². The van der Waals surface area contributed by atoms with E-state index in [0.29, 0.717) is 31.1 Å². The summed E-state index contributed by atoms with van der Waals surface area (Å²) in [6.45, 7) is 5.56. The molecule has 2 heterocycles. The number of carbonyl (C=O) groups is 2. The zero-order chi connectivity index (χ0) is 19.8. The fraction of sp³-hybridized carbons (Fsp3) is 0.579. The Kier molecular flexibility index (Phi) is 5.58. The van der Waals surface area contributed by atoms with Crippen LogP contribution >= 0.6 is 0 Å². The summed E-state index contributed by atoms with van der Waals surface area (Å²) in [7, 11) is -3.55. The summed E-state index contributed by atoms with van der Waals surface area (Å²) >= 11 is 0. The van der Waals surface area contributed by atoms with Gasteiger partial charge in [-0.1, -0.05) is 13.8 Å². The highest BCUT2D eigenvalue weighted by Crippen LogP contribution is 2.26. The minimum Gasteiger partial charge on any atom is -0.481 e. The van der Waals surface area contributed by atoms with Crippen LogP contribution in [0.5, 0.6) is 0 Å². The molecule has 2 atom stereocenters. The average Bonchev–Trinajstić information content (AvgIpc) is 3.03. The third kappa shape index (κ3) is 4.01. The Hall–Kier alpha value is -1.93. The third-order valence-electron chi connectivity index (χ3n) is 5.70. The Balaban J connectivity index is 1.72. The summed E-state index contributed by atoms with van der Waals surface area (Å²) in [6.07, 6.45) is 1.71. The van der Waals surface area contributed by atoms with Gasteiger partial charge in [-0.05, 0) is 48.9 Å². The lowest BCUT2D eigenvalue weighted by molar-refractivity contribution is -0.142. The summed E-state index contributed by atoms with van der Waals surface area (Å²) in [5, 5.41) is 9.21. The molecule has 8 heteroatoms. The molecule has 148 valence electrons. The molecule has 0 unspecified atom stereocenters. The van der Waals surface area contributed by atoms with E-state index in [2.05, 4.69) is 6.92 Å². The molecule has 3 rings (SSSR count). The van der Waals surface area contributed by atoms with Crippen molar-refractivity contribution in [2.45, 2.75) is 31.6 Å². The highest BCUT2D eigenvalue weighted by molar-refractivity contribution is 7.89. The van der Waals surface area contributed by atoms with E-state index in [-0.39, 0.29) is 23.3 Å². The molecule has 0 saturated carbocycles. The van der Waals surface area contributed by atoms with Gasteiger partial charge in [0.25, 0.3) is 5.91 Å². The first kappa shape index (κ1) is 19.8. The minimum atomic E-state index is -3.55. The van der Waals surface area contributed by atoms with Gasteiger partial charge in [0.2, 0.25) is 10.0 Å². The van der Waals surface area contributed by atoms with E-state index in [1.54, 1.807) is 0 Å². The van der Waals surface area contributed by atoms with Crippen LogP contribution in [0.1, 0.15) is 37.0 Å². The van der Waals surface area contributed by atoms with Crippen molar-refractivity contribution in [1.29, 1.82) is 0 Å². The number of benzene rings is 1. The van der Waals surface area contributed by atoms with Crippen molar-refractivity contribution in [2.75, 3.05) is 26.2 Å². The molecule has 1 N–H and O–H groups in total. The summed E-state index contributed by atoms with van der Waals surface area (Å²) in [6, 6.07) is 5.96. The standard InChI is InChI=1S/C19H26N2O5S/c1-13-7-9-21(10-8-13)27(25,26)16-5-3-15(4-6-16)18(22)20-11-14(2)17(12-20)19(23)24/h3-6,13-14,17H,7-12H2,1-2H3,(H,23,24)/t14-,17-/m1/s1. The van der Waals surface area contributed by atoms with Gasteiger partial charge in [0, 0.05) is 31.7 Å². The second-order valence-corrected chi connectivity index (χ2v) is 9.68. The van der Waals surface area contributed by atoms with Gasteiger partial charge in [-0.15, -0.1) is 0 Å². The highest BCUT2D eigenvalue weighted by Gasteiger charge is 2.37. The van der Waals surface area contributed by atoms with Crippen LogP contribution in [0, 0.1) is 17.8 Å². The zero-order valence-electron chi connectivity index (χ0n) is 15.7. The molecule has 27 heavy (non-hydrogen) atoms. The van der Waals surface area contributed by atoms with Crippen LogP contribution in [0.15, 0.2) is 29.2 Å². The summed E-state index contributed by atoms with van der Waals surface area (Å²) in [4.78, 5) is 25.6. The molecule has 2 saturated heterocycles. The van der Waals surface area contributed by atoms with Gasteiger partial charge in [0.1, 0.15) is 0 Å². The van der Waals surface area contributed by atoms with Crippen LogP contribution in [-0.2, 0) is 14.8 Å². The summed E-state index contributed by atoms with van der Waals surface area (Å²) in [5.41, 5.74) is 0.374. The SMILES string of the molecule is CC1CCN(S(=O)(=O)c2ccc(C(=O)N3C[C@@H](C)[C@H](C(=O)O)C3)cc2)CC1. The summed E-state index contributed by atoms with van der Waals surface area (Å²) in [5.74, 6) is -1.28. The van der Waals surface area contributed by atoms with Crippen molar-refractivity contribution < 1.29 is 23.1 Å². The second-order valence-electron chi connectivity index (χ2n) is 7.74. The lowest BCUT2D eigenvalue weighted by Gasteiger charge is -2.29. The van der Waals surface area contributed by atoms with Crippen LogP contribution in [0.2, 0.25) is 0 Å². The van der Waals surface area contributed by atoms with Gasteiger partial charge in [0.15, 0.2) is 0 Å². The molecule has 7 nitrogen and oxygen atoms in total. The van der Waals surface area contributed by atoms with Crippen LogP contribution in [0.25, 0.3) is 0 Å². The van der Waals surface area contributed by atoms with Crippen molar-refractivity contribution in [3.8, 4) is 0 Å². The molecule has 0 bridgehead atoms. The number of nitrogens with zero attached hydrogens (tertiary/aromatic N) is 2. The van der Waals surface area contributed by atoms with Crippen LogP contribution < -0.4 is 0 Å². The first-order valence-corrected chi connectivity index (χ1v) is 10.8. The van der Waals surface area contributed by atoms with Crippen molar-refractivity contribution in [3.05, 3.63) is 29.8 Å². The summed E-state index contributed by atoms with van der Waals surface area (Å²) < 4.78 is 27.0. The number of likely N-dealkylation sites (tertiary alicyclic amines) is 1. The number of carboxylic acid groups (broad SMARTS) is 1. The highest BCUT2D eigenvalue weighted by atomic mass is 32.2. The van der Waals surface area contributed by atoms with Gasteiger partial charge >= 0.3 is 5.97 Å². The van der Waals surface area contributed by atoms with Gasteiger partial charge in [-0.25, -0.2) is 8.42 Å². The number of piperidine rings is 1. The lowest BCUT2D eigenvalue weighted by atomic mass is 9.99. The molecule has 0 aliphatic carbocycles. The first-order chi connectivity index (χ1) is 12.7. The van der Waals surface area contributed by atoms with Gasteiger partial charge in [0.05, 0.1) is 10.8 Å². The molecule has 1 aromatic rings. The van der Waals surface area contributed by atoms with E-state index in [1.165, 1.54) is 33.5 Å². The largest absolute Gasteiger partial charge is 0.481 e. The monoisotopic (exact) mass is 394 g/mol. The maximum atomic E-state index is 12.8. The van der Waals surface area contributed by atoms with E-state index in [0.717, 1.165) is 12.8 Å². The van der Waals surface area contributed by atoms with Crippen LogP contribution in [0.4, 0.5) is 0 Å². The maximum Gasteiger partial charge on any atom is 0.308 e. The Bertz CT molecular complexity index is 813. The third-order valence-corrected chi connectivity index (χ3v) is 7.61. The fourth-order valence-electron chi connectivity index (χ4n) is 3.78. The van der Waals surface area contributed by atoms with Gasteiger partial charge in [-0.3, -0.25) is 9.59 Å². The number of amides is 1. The molecule has 2 aliphatic heterocycles. The molecular weight excluding hydrogens is 368 g/mol. The van der Waals surface area contributed by atoms with Crippen LogP contribution in [0.3, 0.4) is 0 Å². The number of hydrogen-bond donors (Lipinski definition) is 1. The lowest BCUT2D eigenvalue weighted by Crippen LogP contribution is -2.37. The molecule has 1 aromatic carbocycles. The van der Waals surface area contributed by atoms with E-state index in [9.17, 15) is 23.1 Å². The van der Waals surface area contributed by atoms with Gasteiger partial charge in [-0.2, -0.15) is 4.31 Å². The van der Waals surface area contributed by atoms with Crippen molar-refractivity contribution >= 4 is 21.9 Å². The van der Waals surface area contributed by atoms with Crippen molar-refractivity contribution in [3.63, 3.8) is 0 Å². The molecule has 2 aliphatic rings. The zero-order valence-corrected chi connectivity index (χ0v) is 16.5. The Labute approximate surface area is 160 Å². The second kappa shape index (κ2) is 7.59. The van der Waals surface area contributed by atoms with Gasteiger partial charge < -0.3 is 10.0 Å². The number of aliphatic carboxylic acids is 1. The number of hydrogen-bond acceptors (Lipinski definition) is 4. The van der Waals surface area contributed by atoms with E-state index in [1.807, 2.05) is 6.92 Å². The molecule has 0 aromatic heterocycles. The number of carbonyl (C=O) groups excluding carboxylic acids is 1. The molecule has 1 amide bonds. The number of sulfonamides is 1. The molecule has 0 radical (unpaired) electrons. The molecular formula is C19H26N2O5S. The molecule has 2 fully saturated rings. The van der Waals surface area contributed by atoms with Crippen molar-refractivity contribution in [1.82, 2.24) is 9.21 Å². The average molecular weight is 394 g/mol. The first-order valence-electron chi connectivity index (χ1n) is 9.32. The number of rotatable bonds is 4. The smallest absolute Gasteiger partial charge is 0.308 e.